The van der Waals surface area contributed by atoms with Crippen LogP contribution in [0.1, 0.15) is 27.9 Å². The van der Waals surface area contributed by atoms with Gasteiger partial charge in [0.1, 0.15) is 11.6 Å². The van der Waals surface area contributed by atoms with E-state index >= 15 is 0 Å². The Morgan fingerprint density at radius 2 is 1.90 bits per heavy atom. The molecule has 0 bridgehead atoms. The smallest absolute Gasteiger partial charge is 0.416 e. The minimum absolute atomic E-state index is 0.228. The molecular formula is C23H20F3N3O2. The fourth-order valence-corrected chi connectivity index (χ4v) is 4.18. The molecule has 8 heteroatoms. The van der Waals surface area contributed by atoms with E-state index in [4.69, 9.17) is 4.74 Å². The summed E-state index contributed by atoms with van der Waals surface area (Å²) in [5.74, 6) is 1.23. The van der Waals surface area contributed by atoms with Crippen LogP contribution < -0.4 is 10.3 Å². The molecule has 0 radical (unpaired) electrons. The molecule has 5 rings (SSSR count). The summed E-state index contributed by atoms with van der Waals surface area (Å²) in [4.78, 5) is 22.1. The number of halogens is 3. The van der Waals surface area contributed by atoms with E-state index in [1.54, 1.807) is 0 Å². The van der Waals surface area contributed by atoms with E-state index in [2.05, 4.69) is 27.0 Å². The lowest BCUT2D eigenvalue weighted by Crippen LogP contribution is -2.35. The highest BCUT2D eigenvalue weighted by Gasteiger charge is 2.30. The number of H-pyrrole nitrogens is 1. The molecule has 0 unspecified atom stereocenters. The number of hydrogen-bond acceptors (Lipinski definition) is 4. The van der Waals surface area contributed by atoms with Crippen molar-refractivity contribution in [3.63, 3.8) is 0 Å². The predicted molar refractivity (Wildman–Crippen MR) is 109 cm³/mol. The van der Waals surface area contributed by atoms with Crippen molar-refractivity contribution >= 4 is 0 Å². The number of benzene rings is 2. The second-order valence-corrected chi connectivity index (χ2v) is 7.92. The summed E-state index contributed by atoms with van der Waals surface area (Å²) < 4.78 is 44.0. The summed E-state index contributed by atoms with van der Waals surface area (Å²) in [5, 5.41) is 0. The third-order valence-electron chi connectivity index (χ3n) is 5.80. The highest BCUT2D eigenvalue weighted by molar-refractivity contribution is 5.56. The Morgan fingerprint density at radius 1 is 1.10 bits per heavy atom. The molecule has 2 aliphatic rings. The molecular weight excluding hydrogens is 407 g/mol. The number of nitrogens with zero attached hydrogens (tertiary/aromatic N) is 2. The number of ether oxygens (including phenoxy) is 1. The summed E-state index contributed by atoms with van der Waals surface area (Å²) >= 11 is 0. The van der Waals surface area contributed by atoms with Crippen LogP contribution in [0.3, 0.4) is 0 Å². The van der Waals surface area contributed by atoms with Gasteiger partial charge < -0.3 is 9.72 Å². The minimum Gasteiger partial charge on any atom is -0.493 e. The number of hydrogen-bond donors (Lipinski definition) is 1. The largest absolute Gasteiger partial charge is 0.493 e. The zero-order valence-corrected chi connectivity index (χ0v) is 16.6. The van der Waals surface area contributed by atoms with Crippen molar-refractivity contribution in [2.75, 3.05) is 13.2 Å². The van der Waals surface area contributed by atoms with Crippen LogP contribution >= 0.6 is 0 Å². The maximum absolute atomic E-state index is 12.8. The molecule has 1 N–H and O–H groups in total. The number of fused-ring (bicyclic) bond motifs is 2. The highest BCUT2D eigenvalue weighted by atomic mass is 19.4. The molecule has 5 nitrogen and oxygen atoms in total. The first-order valence-corrected chi connectivity index (χ1v) is 10.1. The van der Waals surface area contributed by atoms with Gasteiger partial charge in [-0.3, -0.25) is 9.69 Å². The van der Waals surface area contributed by atoms with Crippen LogP contribution in [0.15, 0.2) is 47.3 Å². The quantitative estimate of drug-likeness (QED) is 0.688. The molecule has 0 saturated heterocycles. The topological polar surface area (TPSA) is 58.2 Å². The van der Waals surface area contributed by atoms with Crippen LogP contribution in [0.5, 0.6) is 5.75 Å². The molecule has 31 heavy (non-hydrogen) atoms. The van der Waals surface area contributed by atoms with Crippen molar-refractivity contribution in [3.05, 3.63) is 80.8 Å². The van der Waals surface area contributed by atoms with Gasteiger partial charge in [-0.1, -0.05) is 24.3 Å². The zero-order valence-electron chi connectivity index (χ0n) is 16.6. The van der Waals surface area contributed by atoms with Crippen molar-refractivity contribution in [2.24, 2.45) is 0 Å². The summed E-state index contributed by atoms with van der Waals surface area (Å²) in [6.07, 6.45) is -2.90. The van der Waals surface area contributed by atoms with Crippen molar-refractivity contribution in [3.8, 4) is 17.1 Å². The fraction of sp³-hybridized carbons (Fsp3) is 0.304. The monoisotopic (exact) mass is 427 g/mol. The minimum atomic E-state index is -4.40. The number of alkyl halides is 3. The average molecular weight is 427 g/mol. The van der Waals surface area contributed by atoms with Crippen LogP contribution in [0.4, 0.5) is 13.2 Å². The Labute approximate surface area is 176 Å². The van der Waals surface area contributed by atoms with Crippen LogP contribution in [0.25, 0.3) is 11.4 Å². The van der Waals surface area contributed by atoms with Gasteiger partial charge in [0.05, 0.1) is 17.9 Å². The first kappa shape index (κ1) is 19.8. The van der Waals surface area contributed by atoms with Gasteiger partial charge in [-0.15, -0.1) is 0 Å². The SMILES string of the molecule is O=c1[nH]c(-c2ccc(C(F)(F)F)cc2)nc2c1CCN(Cc1ccc3c(c1)CCO3)C2. The van der Waals surface area contributed by atoms with Crippen LogP contribution in [0.2, 0.25) is 0 Å². The van der Waals surface area contributed by atoms with Gasteiger partial charge in [0.25, 0.3) is 5.56 Å². The normalized spacial score (nSPS) is 16.0. The van der Waals surface area contributed by atoms with E-state index in [0.29, 0.717) is 29.8 Å². The summed E-state index contributed by atoms with van der Waals surface area (Å²) in [5.41, 5.74) is 3.21. The van der Waals surface area contributed by atoms with E-state index in [0.717, 1.165) is 44.0 Å². The molecule has 3 aromatic rings. The van der Waals surface area contributed by atoms with E-state index in [1.807, 2.05) is 6.07 Å². The fourth-order valence-electron chi connectivity index (χ4n) is 4.18. The molecule has 0 atom stereocenters. The number of aromatic amines is 1. The first-order valence-electron chi connectivity index (χ1n) is 10.1. The standard InChI is InChI=1S/C23H20F3N3O2/c24-23(25,26)17-4-2-15(3-5-17)21-27-19-13-29(9-7-18(19)22(30)28-21)12-14-1-6-20-16(11-14)8-10-31-20/h1-6,11H,7-10,12-13H2,(H,27,28,30). The Hall–Kier alpha value is -3.13. The lowest BCUT2D eigenvalue weighted by molar-refractivity contribution is -0.137. The third-order valence-corrected chi connectivity index (χ3v) is 5.80. The van der Waals surface area contributed by atoms with Gasteiger partial charge in [0.2, 0.25) is 0 Å². The Balaban J connectivity index is 1.38. The average Bonchev–Trinajstić information content (AvgIpc) is 3.21. The van der Waals surface area contributed by atoms with Crippen LogP contribution in [-0.2, 0) is 32.1 Å². The summed E-state index contributed by atoms with van der Waals surface area (Å²) in [7, 11) is 0. The second kappa shape index (κ2) is 7.53. The molecule has 0 spiro atoms. The molecule has 160 valence electrons. The van der Waals surface area contributed by atoms with Crippen molar-refractivity contribution < 1.29 is 17.9 Å². The second-order valence-electron chi connectivity index (χ2n) is 7.92. The highest BCUT2D eigenvalue weighted by Crippen LogP contribution is 2.31. The van der Waals surface area contributed by atoms with E-state index in [-0.39, 0.29) is 11.4 Å². The van der Waals surface area contributed by atoms with Crippen LogP contribution in [0, 0.1) is 0 Å². The van der Waals surface area contributed by atoms with Crippen molar-refractivity contribution in [1.29, 1.82) is 0 Å². The molecule has 0 fully saturated rings. The van der Waals surface area contributed by atoms with E-state index in [1.165, 1.54) is 23.3 Å². The molecule has 3 heterocycles. The van der Waals surface area contributed by atoms with Gasteiger partial charge >= 0.3 is 6.18 Å². The Morgan fingerprint density at radius 3 is 2.68 bits per heavy atom. The van der Waals surface area contributed by atoms with Gasteiger partial charge in [0, 0.05) is 37.2 Å². The molecule has 1 aromatic heterocycles. The summed E-state index contributed by atoms with van der Waals surface area (Å²) in [6.45, 7) is 2.71. The van der Waals surface area contributed by atoms with Crippen LogP contribution in [-0.4, -0.2) is 28.0 Å². The predicted octanol–water partition coefficient (Wildman–Crippen LogP) is 3.95. The van der Waals surface area contributed by atoms with Gasteiger partial charge in [-0.05, 0) is 35.7 Å². The number of nitrogens with one attached hydrogen (secondary N) is 1. The maximum atomic E-state index is 12.8. The van der Waals surface area contributed by atoms with E-state index in [9.17, 15) is 18.0 Å². The van der Waals surface area contributed by atoms with Gasteiger partial charge in [-0.2, -0.15) is 13.2 Å². The van der Waals surface area contributed by atoms with Gasteiger partial charge in [-0.25, -0.2) is 4.98 Å². The Kier molecular flexibility index (Phi) is 4.81. The first-order chi connectivity index (χ1) is 14.9. The third kappa shape index (κ3) is 3.95. The maximum Gasteiger partial charge on any atom is 0.416 e. The van der Waals surface area contributed by atoms with Crippen molar-refractivity contribution in [1.82, 2.24) is 14.9 Å². The lowest BCUT2D eigenvalue weighted by Gasteiger charge is -2.28. The molecule has 2 aromatic carbocycles. The number of aromatic nitrogens is 2. The molecule has 2 aliphatic heterocycles. The Bertz CT molecular complexity index is 1190. The molecule has 0 saturated carbocycles. The van der Waals surface area contributed by atoms with Gasteiger partial charge in [0.15, 0.2) is 0 Å². The lowest BCUT2D eigenvalue weighted by atomic mass is 10.0. The zero-order chi connectivity index (χ0) is 21.6. The molecule has 0 amide bonds. The van der Waals surface area contributed by atoms with E-state index < -0.39 is 11.7 Å². The summed E-state index contributed by atoms with van der Waals surface area (Å²) in [6, 6.07) is 10.9. The number of rotatable bonds is 3. The molecule has 0 aliphatic carbocycles. The van der Waals surface area contributed by atoms with Crippen molar-refractivity contribution in [2.45, 2.75) is 32.1 Å².